The summed E-state index contributed by atoms with van der Waals surface area (Å²) in [5.74, 6) is -0.0967. The van der Waals surface area contributed by atoms with Crippen molar-refractivity contribution in [3.05, 3.63) is 53.2 Å². The van der Waals surface area contributed by atoms with Crippen molar-refractivity contribution in [1.29, 1.82) is 0 Å². The molecular weight excluding hydrogens is 298 g/mol. The molecule has 1 aromatic heterocycles. The monoisotopic (exact) mass is 318 g/mol. The van der Waals surface area contributed by atoms with Gasteiger partial charge in [0.2, 0.25) is 0 Å². The highest BCUT2D eigenvalue weighted by molar-refractivity contribution is 5.37. The number of hydrogen-bond acceptors (Lipinski definition) is 4. The minimum Gasteiger partial charge on any atom is -0.354 e. The molecule has 1 saturated heterocycles. The molecule has 1 fully saturated rings. The fourth-order valence-electron chi connectivity index (χ4n) is 2.83. The lowest BCUT2D eigenvalue weighted by molar-refractivity contribution is 0.276. The second kappa shape index (κ2) is 7.00. The van der Waals surface area contributed by atoms with Gasteiger partial charge >= 0.3 is 0 Å². The summed E-state index contributed by atoms with van der Waals surface area (Å²) in [5, 5.41) is 8.31. The molecule has 122 valence electrons. The summed E-state index contributed by atoms with van der Waals surface area (Å²) in [7, 11) is 0. The summed E-state index contributed by atoms with van der Waals surface area (Å²) in [4.78, 5) is 4.26. The van der Waals surface area contributed by atoms with Crippen molar-refractivity contribution in [3.63, 3.8) is 0 Å². The molecule has 0 N–H and O–H groups in total. The van der Waals surface area contributed by atoms with E-state index in [1.807, 2.05) is 19.1 Å². The number of hydrogen-bond donors (Lipinski definition) is 0. The van der Waals surface area contributed by atoms with Crippen molar-refractivity contribution in [1.82, 2.24) is 15.1 Å². The maximum atomic E-state index is 13.8. The Labute approximate surface area is 134 Å². The lowest BCUT2D eigenvalue weighted by atomic mass is 10.2. The highest BCUT2D eigenvalue weighted by atomic mass is 19.1. The standard InChI is InChI=1S/C17H20F2N4/c1-13-6-7-17(21-20-13)23-9-3-8-22(10-11-23)12-14-15(18)4-2-5-16(14)19/h2,4-7H,3,8-12H2,1H3. The van der Waals surface area contributed by atoms with E-state index in [2.05, 4.69) is 20.0 Å². The Morgan fingerprint density at radius 3 is 2.43 bits per heavy atom. The number of aryl methyl sites for hydroxylation is 1. The number of anilines is 1. The first-order valence-electron chi connectivity index (χ1n) is 7.84. The molecule has 0 saturated carbocycles. The maximum Gasteiger partial charge on any atom is 0.151 e. The zero-order chi connectivity index (χ0) is 16.2. The molecule has 0 atom stereocenters. The van der Waals surface area contributed by atoms with Gasteiger partial charge < -0.3 is 4.90 Å². The second-order valence-corrected chi connectivity index (χ2v) is 5.85. The van der Waals surface area contributed by atoms with Crippen LogP contribution < -0.4 is 4.90 Å². The average molecular weight is 318 g/mol. The van der Waals surface area contributed by atoms with Gasteiger partial charge in [-0.15, -0.1) is 5.10 Å². The number of nitrogens with zero attached hydrogens (tertiary/aromatic N) is 4. The van der Waals surface area contributed by atoms with Crippen molar-refractivity contribution in [2.45, 2.75) is 19.9 Å². The molecule has 0 amide bonds. The van der Waals surface area contributed by atoms with Crippen LogP contribution in [0.2, 0.25) is 0 Å². The van der Waals surface area contributed by atoms with Crippen molar-refractivity contribution < 1.29 is 8.78 Å². The fourth-order valence-corrected chi connectivity index (χ4v) is 2.83. The van der Waals surface area contributed by atoms with Gasteiger partial charge in [0.25, 0.3) is 0 Å². The molecular formula is C17H20F2N4. The third-order valence-electron chi connectivity index (χ3n) is 4.14. The van der Waals surface area contributed by atoms with Gasteiger partial charge in [-0.05, 0) is 37.6 Å². The molecule has 4 nitrogen and oxygen atoms in total. The van der Waals surface area contributed by atoms with Crippen molar-refractivity contribution in [3.8, 4) is 0 Å². The molecule has 2 heterocycles. The highest BCUT2D eigenvalue weighted by Crippen LogP contribution is 2.18. The van der Waals surface area contributed by atoms with Crippen LogP contribution in [0.4, 0.5) is 14.6 Å². The zero-order valence-electron chi connectivity index (χ0n) is 13.2. The van der Waals surface area contributed by atoms with Crippen LogP contribution in [0.1, 0.15) is 17.7 Å². The average Bonchev–Trinajstić information content (AvgIpc) is 2.77. The summed E-state index contributed by atoms with van der Waals surface area (Å²) in [6.07, 6.45) is 0.922. The molecule has 0 unspecified atom stereocenters. The van der Waals surface area contributed by atoms with Crippen LogP contribution in [0.5, 0.6) is 0 Å². The van der Waals surface area contributed by atoms with E-state index in [9.17, 15) is 8.78 Å². The maximum absolute atomic E-state index is 13.8. The van der Waals surface area contributed by atoms with Gasteiger partial charge in [0, 0.05) is 38.3 Å². The van der Waals surface area contributed by atoms with E-state index in [1.54, 1.807) is 0 Å². The summed E-state index contributed by atoms with van der Waals surface area (Å²) in [6.45, 7) is 5.39. The van der Waals surface area contributed by atoms with Gasteiger partial charge in [-0.3, -0.25) is 4.90 Å². The third kappa shape index (κ3) is 3.82. The SMILES string of the molecule is Cc1ccc(N2CCCN(Cc3c(F)cccc3F)CC2)nn1. The minimum absolute atomic E-state index is 0.149. The molecule has 1 aliphatic heterocycles. The molecule has 0 spiro atoms. The van der Waals surface area contributed by atoms with E-state index in [1.165, 1.54) is 18.2 Å². The summed E-state index contributed by atoms with van der Waals surface area (Å²) in [5.41, 5.74) is 1.04. The summed E-state index contributed by atoms with van der Waals surface area (Å²) >= 11 is 0. The predicted molar refractivity (Wildman–Crippen MR) is 85.2 cm³/mol. The van der Waals surface area contributed by atoms with E-state index < -0.39 is 11.6 Å². The first-order valence-corrected chi connectivity index (χ1v) is 7.84. The summed E-state index contributed by atoms with van der Waals surface area (Å²) in [6, 6.07) is 7.93. The Kier molecular flexibility index (Phi) is 4.81. The van der Waals surface area contributed by atoms with Gasteiger partial charge in [0.1, 0.15) is 11.6 Å². The number of aromatic nitrogens is 2. The Hall–Kier alpha value is -2.08. The van der Waals surface area contributed by atoms with Gasteiger partial charge in [-0.1, -0.05) is 6.07 Å². The zero-order valence-corrected chi connectivity index (χ0v) is 13.2. The topological polar surface area (TPSA) is 32.3 Å². The molecule has 1 aromatic carbocycles. The van der Waals surface area contributed by atoms with Crippen molar-refractivity contribution in [2.24, 2.45) is 0 Å². The lowest BCUT2D eigenvalue weighted by Gasteiger charge is -2.22. The minimum atomic E-state index is -0.476. The van der Waals surface area contributed by atoms with Gasteiger partial charge in [0.05, 0.1) is 5.69 Å². The number of benzene rings is 1. The van der Waals surface area contributed by atoms with Crippen molar-refractivity contribution in [2.75, 3.05) is 31.1 Å². The van der Waals surface area contributed by atoms with Crippen molar-refractivity contribution >= 4 is 5.82 Å². The Bertz CT molecular complexity index is 640. The fraction of sp³-hybridized carbons (Fsp3) is 0.412. The first-order chi connectivity index (χ1) is 11.1. The molecule has 1 aliphatic rings. The van der Waals surface area contributed by atoms with E-state index in [0.717, 1.165) is 44.1 Å². The molecule has 0 aliphatic carbocycles. The van der Waals surface area contributed by atoms with Crippen LogP contribution in [0.3, 0.4) is 0 Å². The summed E-state index contributed by atoms with van der Waals surface area (Å²) < 4.78 is 27.6. The third-order valence-corrected chi connectivity index (χ3v) is 4.14. The Balaban J connectivity index is 1.65. The van der Waals surface area contributed by atoms with Gasteiger partial charge in [-0.2, -0.15) is 5.10 Å². The van der Waals surface area contributed by atoms with E-state index >= 15 is 0 Å². The second-order valence-electron chi connectivity index (χ2n) is 5.85. The van der Waals surface area contributed by atoms with Crippen LogP contribution in [0.25, 0.3) is 0 Å². The van der Waals surface area contributed by atoms with Crippen LogP contribution in [0.15, 0.2) is 30.3 Å². The lowest BCUT2D eigenvalue weighted by Crippen LogP contribution is -2.31. The van der Waals surface area contributed by atoms with Crippen LogP contribution in [-0.4, -0.2) is 41.3 Å². The van der Waals surface area contributed by atoms with Gasteiger partial charge in [-0.25, -0.2) is 8.78 Å². The molecule has 0 bridgehead atoms. The normalized spacial score (nSPS) is 16.4. The van der Waals surface area contributed by atoms with Crippen LogP contribution in [-0.2, 0) is 6.54 Å². The number of rotatable bonds is 3. The highest BCUT2D eigenvalue weighted by Gasteiger charge is 2.19. The largest absolute Gasteiger partial charge is 0.354 e. The van der Waals surface area contributed by atoms with E-state index in [0.29, 0.717) is 6.54 Å². The molecule has 6 heteroatoms. The molecule has 0 radical (unpaired) electrons. The quantitative estimate of drug-likeness (QED) is 0.871. The van der Waals surface area contributed by atoms with E-state index in [4.69, 9.17) is 0 Å². The van der Waals surface area contributed by atoms with Crippen LogP contribution >= 0.6 is 0 Å². The molecule has 23 heavy (non-hydrogen) atoms. The van der Waals surface area contributed by atoms with E-state index in [-0.39, 0.29) is 5.56 Å². The first kappa shape index (κ1) is 15.8. The smallest absolute Gasteiger partial charge is 0.151 e. The Morgan fingerprint density at radius 2 is 1.74 bits per heavy atom. The molecule has 3 rings (SSSR count). The van der Waals surface area contributed by atoms with Crippen LogP contribution in [0, 0.1) is 18.6 Å². The Morgan fingerprint density at radius 1 is 0.957 bits per heavy atom. The van der Waals surface area contributed by atoms with Gasteiger partial charge in [0.15, 0.2) is 5.82 Å². The number of halogens is 2. The predicted octanol–water partition coefficient (Wildman–Crippen LogP) is 2.78. The molecule has 2 aromatic rings.